The molecule has 2 N–H and O–H groups in total. The summed E-state index contributed by atoms with van der Waals surface area (Å²) >= 11 is 10.5. The van der Waals surface area contributed by atoms with E-state index < -0.39 is 17.7 Å². The van der Waals surface area contributed by atoms with Crippen LogP contribution in [0.4, 0.5) is 8.78 Å². The van der Waals surface area contributed by atoms with Gasteiger partial charge < -0.3 is 5.73 Å². The van der Waals surface area contributed by atoms with E-state index in [0.717, 1.165) is 14.7 Å². The number of thiophene rings is 1. The summed E-state index contributed by atoms with van der Waals surface area (Å²) in [5.41, 5.74) is 6.61. The lowest BCUT2D eigenvalue weighted by Crippen LogP contribution is -2.13. The highest BCUT2D eigenvalue weighted by molar-refractivity contribution is 9.11. The van der Waals surface area contributed by atoms with Crippen LogP contribution in [0.25, 0.3) is 0 Å². The smallest absolute Gasteiger partial charge is 0.131 e. The summed E-state index contributed by atoms with van der Waals surface area (Å²) in [5.74, 6) is -1.22. The Kier molecular flexibility index (Phi) is 4.06. The molecule has 1 heterocycles. The molecule has 2 aromatic rings. The lowest BCUT2D eigenvalue weighted by atomic mass is 10.0. The maximum atomic E-state index is 13.7. The molecular weight excluding hydrogens is 344 g/mol. The second kappa shape index (κ2) is 5.25. The number of halogens is 4. The molecule has 1 atom stereocenters. The first-order chi connectivity index (χ1) is 8.40. The van der Waals surface area contributed by atoms with Crippen molar-refractivity contribution in [2.45, 2.75) is 13.0 Å². The van der Waals surface area contributed by atoms with Crippen molar-refractivity contribution in [1.29, 1.82) is 0 Å². The Bertz CT molecular complexity index is 581. The number of rotatable bonds is 2. The van der Waals surface area contributed by atoms with Crippen LogP contribution in [0.15, 0.2) is 22.0 Å². The summed E-state index contributed by atoms with van der Waals surface area (Å²) in [6.45, 7) is 1.57. The summed E-state index contributed by atoms with van der Waals surface area (Å²) in [6.07, 6.45) is 0. The minimum atomic E-state index is -0.655. The zero-order chi connectivity index (χ0) is 13.4. The lowest BCUT2D eigenvalue weighted by Gasteiger charge is -2.12. The second-order valence-corrected chi connectivity index (χ2v) is 6.68. The van der Waals surface area contributed by atoms with Gasteiger partial charge in [-0.2, -0.15) is 0 Å². The third-order valence-corrected chi connectivity index (χ3v) is 5.14. The van der Waals surface area contributed by atoms with Gasteiger partial charge in [0.05, 0.1) is 14.9 Å². The van der Waals surface area contributed by atoms with E-state index in [1.165, 1.54) is 17.4 Å². The molecular formula is C12H9BrClF2NS. The molecule has 0 spiro atoms. The lowest BCUT2D eigenvalue weighted by molar-refractivity contribution is 0.561. The first-order valence-corrected chi connectivity index (χ1v) is 7.04. The minimum Gasteiger partial charge on any atom is -0.320 e. The van der Waals surface area contributed by atoms with E-state index in [0.29, 0.717) is 10.6 Å². The monoisotopic (exact) mass is 351 g/mol. The van der Waals surface area contributed by atoms with Gasteiger partial charge in [-0.15, -0.1) is 11.3 Å². The zero-order valence-corrected chi connectivity index (χ0v) is 12.5. The van der Waals surface area contributed by atoms with Crippen molar-refractivity contribution in [3.8, 4) is 0 Å². The van der Waals surface area contributed by atoms with Gasteiger partial charge in [0.25, 0.3) is 0 Å². The summed E-state index contributed by atoms with van der Waals surface area (Å²) < 4.78 is 27.6. The van der Waals surface area contributed by atoms with Gasteiger partial charge in [-0.1, -0.05) is 11.6 Å². The van der Waals surface area contributed by atoms with Crippen molar-refractivity contribution in [3.63, 3.8) is 0 Å². The third kappa shape index (κ3) is 2.59. The maximum absolute atomic E-state index is 13.7. The van der Waals surface area contributed by atoms with Gasteiger partial charge in [0.1, 0.15) is 11.6 Å². The van der Waals surface area contributed by atoms with Gasteiger partial charge in [0.15, 0.2) is 0 Å². The highest BCUT2D eigenvalue weighted by Gasteiger charge is 2.18. The van der Waals surface area contributed by atoms with E-state index in [9.17, 15) is 8.78 Å². The quantitative estimate of drug-likeness (QED) is 0.825. The van der Waals surface area contributed by atoms with E-state index >= 15 is 0 Å². The van der Waals surface area contributed by atoms with Crippen LogP contribution in [0, 0.1) is 18.6 Å². The Morgan fingerprint density at radius 2 is 1.94 bits per heavy atom. The average Bonchev–Trinajstić information content (AvgIpc) is 2.63. The highest BCUT2D eigenvalue weighted by Crippen LogP contribution is 2.37. The number of benzene rings is 1. The van der Waals surface area contributed by atoms with Crippen molar-refractivity contribution in [3.05, 3.63) is 54.6 Å². The molecule has 0 bridgehead atoms. The standard InChI is InChI=1S/C12H9BrClF2NS/c1-5-2-6(9(16)4-8(5)15)11(17)10-3-7(14)12(13)18-10/h2-4,11H,17H2,1H3. The van der Waals surface area contributed by atoms with Gasteiger partial charge in [0.2, 0.25) is 0 Å². The molecule has 1 nitrogen and oxygen atoms in total. The molecule has 18 heavy (non-hydrogen) atoms. The van der Waals surface area contributed by atoms with Crippen molar-refractivity contribution in [2.24, 2.45) is 5.73 Å². The first-order valence-electron chi connectivity index (χ1n) is 5.06. The maximum Gasteiger partial charge on any atom is 0.131 e. The topological polar surface area (TPSA) is 26.0 Å². The van der Waals surface area contributed by atoms with Crippen molar-refractivity contribution in [1.82, 2.24) is 0 Å². The molecule has 6 heteroatoms. The van der Waals surface area contributed by atoms with Crippen LogP contribution in [0.1, 0.15) is 22.0 Å². The number of nitrogens with two attached hydrogens (primary N) is 1. The molecule has 96 valence electrons. The van der Waals surface area contributed by atoms with Crippen LogP contribution < -0.4 is 5.73 Å². The largest absolute Gasteiger partial charge is 0.320 e. The molecule has 0 saturated heterocycles. The predicted octanol–water partition coefficient (Wildman–Crippen LogP) is 4.80. The summed E-state index contributed by atoms with van der Waals surface area (Å²) in [5, 5.41) is 0.532. The van der Waals surface area contributed by atoms with Crippen LogP contribution in [0.2, 0.25) is 5.02 Å². The van der Waals surface area contributed by atoms with Crippen LogP contribution >= 0.6 is 38.9 Å². The molecule has 0 amide bonds. The molecule has 0 aliphatic carbocycles. The second-order valence-electron chi connectivity index (χ2n) is 3.87. The molecule has 0 aliphatic heterocycles. The Hall–Kier alpha value is -0.490. The van der Waals surface area contributed by atoms with E-state index in [1.54, 1.807) is 13.0 Å². The van der Waals surface area contributed by atoms with Gasteiger partial charge in [-0.25, -0.2) is 8.78 Å². The zero-order valence-electron chi connectivity index (χ0n) is 9.31. The van der Waals surface area contributed by atoms with E-state index in [1.807, 2.05) is 0 Å². The Morgan fingerprint density at radius 1 is 1.28 bits per heavy atom. The van der Waals surface area contributed by atoms with Crippen molar-refractivity contribution in [2.75, 3.05) is 0 Å². The molecule has 1 unspecified atom stereocenters. The molecule has 0 radical (unpaired) electrons. The van der Waals surface area contributed by atoms with Crippen LogP contribution in [-0.2, 0) is 0 Å². The third-order valence-electron chi connectivity index (χ3n) is 2.58. The van der Waals surface area contributed by atoms with Gasteiger partial charge >= 0.3 is 0 Å². The fourth-order valence-corrected chi connectivity index (χ4v) is 3.35. The molecule has 0 saturated carbocycles. The van der Waals surface area contributed by atoms with Crippen LogP contribution in [-0.4, -0.2) is 0 Å². The molecule has 1 aromatic carbocycles. The van der Waals surface area contributed by atoms with Gasteiger partial charge in [0, 0.05) is 16.5 Å². The summed E-state index contributed by atoms with van der Waals surface area (Å²) in [6, 6.07) is 3.31. The normalized spacial score (nSPS) is 12.8. The highest BCUT2D eigenvalue weighted by atomic mass is 79.9. The SMILES string of the molecule is Cc1cc(C(N)c2cc(Cl)c(Br)s2)c(F)cc1F. The molecule has 0 aliphatic rings. The Labute approximate surface area is 121 Å². The van der Waals surface area contributed by atoms with Crippen LogP contribution in [0.5, 0.6) is 0 Å². The van der Waals surface area contributed by atoms with E-state index in [4.69, 9.17) is 17.3 Å². The molecule has 1 aromatic heterocycles. The van der Waals surface area contributed by atoms with Crippen LogP contribution in [0.3, 0.4) is 0 Å². The van der Waals surface area contributed by atoms with Crippen molar-refractivity contribution < 1.29 is 8.78 Å². The first kappa shape index (κ1) is 13.9. The Morgan fingerprint density at radius 3 is 2.50 bits per heavy atom. The van der Waals surface area contributed by atoms with Crippen molar-refractivity contribution >= 4 is 38.9 Å². The number of aryl methyl sites for hydroxylation is 1. The summed E-state index contributed by atoms with van der Waals surface area (Å²) in [4.78, 5) is 0.719. The number of hydrogen-bond donors (Lipinski definition) is 1. The van der Waals surface area contributed by atoms with Gasteiger partial charge in [-0.05, 0) is 40.5 Å². The predicted molar refractivity (Wildman–Crippen MR) is 74.2 cm³/mol. The fraction of sp³-hybridized carbons (Fsp3) is 0.167. The fourth-order valence-electron chi connectivity index (χ4n) is 1.59. The van der Waals surface area contributed by atoms with Gasteiger partial charge in [-0.3, -0.25) is 0 Å². The summed E-state index contributed by atoms with van der Waals surface area (Å²) in [7, 11) is 0. The average molecular weight is 353 g/mol. The minimum absolute atomic E-state index is 0.263. The van der Waals surface area contributed by atoms with E-state index in [2.05, 4.69) is 15.9 Å². The number of hydrogen-bond acceptors (Lipinski definition) is 2. The van der Waals surface area contributed by atoms with E-state index in [-0.39, 0.29) is 5.56 Å². The molecule has 0 fully saturated rings. The Balaban J connectivity index is 2.45. The molecule has 2 rings (SSSR count).